The Morgan fingerprint density at radius 1 is 1.30 bits per heavy atom. The molecule has 1 aromatic rings. The van der Waals surface area contributed by atoms with E-state index >= 15 is 0 Å². The molecule has 9 heteroatoms. The topological polar surface area (TPSA) is 95.7 Å². The number of hydrogen-bond acceptors (Lipinski definition) is 6. The van der Waals surface area contributed by atoms with E-state index in [9.17, 15) is 18.5 Å². The molecule has 0 atom stereocenters. The number of nitro groups is 1. The van der Waals surface area contributed by atoms with Crippen LogP contribution in [-0.4, -0.2) is 38.9 Å². The normalized spacial score (nSPS) is 11.3. The molecule has 0 heterocycles. The standard InChI is InChI=1S/C11H14ClNO6S/c1-9-8-10(2-3-11(9)13(14)15)19-5-4-18-6-7-20(12,16)17/h2-3,8H,4-7H2,1H3. The molecule has 1 rings (SSSR count). The minimum Gasteiger partial charge on any atom is -0.491 e. The van der Waals surface area contributed by atoms with Crippen LogP contribution in [0.4, 0.5) is 5.69 Å². The highest BCUT2D eigenvalue weighted by atomic mass is 35.7. The van der Waals surface area contributed by atoms with Gasteiger partial charge in [-0.1, -0.05) is 0 Å². The Hall–Kier alpha value is -1.38. The second kappa shape index (κ2) is 7.41. The van der Waals surface area contributed by atoms with Gasteiger partial charge in [0.15, 0.2) is 0 Å². The summed E-state index contributed by atoms with van der Waals surface area (Å²) in [6.45, 7) is 2.02. The van der Waals surface area contributed by atoms with Gasteiger partial charge in [0.1, 0.15) is 12.4 Å². The zero-order chi connectivity index (χ0) is 15.2. The lowest BCUT2D eigenvalue weighted by molar-refractivity contribution is -0.385. The average Bonchev–Trinajstić information content (AvgIpc) is 2.32. The molecule has 0 aromatic heterocycles. The van der Waals surface area contributed by atoms with Crippen LogP contribution in [0.15, 0.2) is 18.2 Å². The molecule has 0 amide bonds. The van der Waals surface area contributed by atoms with Gasteiger partial charge in [0.05, 0.1) is 23.9 Å². The minimum atomic E-state index is -3.54. The quantitative estimate of drug-likeness (QED) is 0.313. The van der Waals surface area contributed by atoms with Gasteiger partial charge in [-0.25, -0.2) is 8.42 Å². The Morgan fingerprint density at radius 3 is 2.55 bits per heavy atom. The van der Waals surface area contributed by atoms with Gasteiger partial charge in [0.2, 0.25) is 9.05 Å². The van der Waals surface area contributed by atoms with Gasteiger partial charge >= 0.3 is 0 Å². The van der Waals surface area contributed by atoms with Crippen LogP contribution in [0.2, 0.25) is 0 Å². The predicted molar refractivity (Wildman–Crippen MR) is 73.8 cm³/mol. The largest absolute Gasteiger partial charge is 0.491 e. The Kier molecular flexibility index (Phi) is 6.18. The Morgan fingerprint density at radius 2 is 2.00 bits per heavy atom. The summed E-state index contributed by atoms with van der Waals surface area (Å²) in [7, 11) is 1.47. The van der Waals surface area contributed by atoms with Crippen LogP contribution in [0.25, 0.3) is 0 Å². The maximum atomic E-state index is 10.6. The Bertz CT molecular complexity index is 574. The van der Waals surface area contributed by atoms with E-state index in [1.807, 2.05) is 0 Å². The molecule has 20 heavy (non-hydrogen) atoms. The van der Waals surface area contributed by atoms with E-state index < -0.39 is 14.0 Å². The molecule has 0 aliphatic carbocycles. The van der Waals surface area contributed by atoms with Crippen molar-refractivity contribution in [2.45, 2.75) is 6.92 Å². The first-order valence-corrected chi connectivity index (χ1v) is 8.15. The zero-order valence-electron chi connectivity index (χ0n) is 10.7. The summed E-state index contributed by atoms with van der Waals surface area (Å²) in [5.74, 6) is 0.229. The first kappa shape index (κ1) is 16.7. The van der Waals surface area contributed by atoms with Gasteiger partial charge in [-0.3, -0.25) is 10.1 Å². The summed E-state index contributed by atoms with van der Waals surface area (Å²) >= 11 is 0. The third kappa shape index (κ3) is 6.18. The third-order valence-electron chi connectivity index (χ3n) is 2.33. The highest BCUT2D eigenvalue weighted by molar-refractivity contribution is 8.13. The second-order valence-electron chi connectivity index (χ2n) is 3.91. The third-order valence-corrected chi connectivity index (χ3v) is 3.45. The van der Waals surface area contributed by atoms with Crippen molar-refractivity contribution in [1.29, 1.82) is 0 Å². The van der Waals surface area contributed by atoms with E-state index in [0.717, 1.165) is 0 Å². The number of nitrogens with zero attached hydrogens (tertiary/aromatic N) is 1. The number of halogens is 1. The second-order valence-corrected chi connectivity index (χ2v) is 6.81. The molecule has 0 fully saturated rings. The van der Waals surface area contributed by atoms with Gasteiger partial charge in [0.25, 0.3) is 5.69 Å². The molecular weight excluding hydrogens is 310 g/mol. The van der Waals surface area contributed by atoms with Crippen LogP contribution < -0.4 is 4.74 Å². The van der Waals surface area contributed by atoms with Gasteiger partial charge < -0.3 is 9.47 Å². The summed E-state index contributed by atoms with van der Waals surface area (Å²) in [4.78, 5) is 10.2. The van der Waals surface area contributed by atoms with E-state index in [1.165, 1.54) is 12.1 Å². The lowest BCUT2D eigenvalue weighted by Gasteiger charge is -2.07. The predicted octanol–water partition coefficient (Wildman–Crippen LogP) is 1.87. The first-order chi connectivity index (χ1) is 9.29. The van der Waals surface area contributed by atoms with Crippen LogP contribution in [-0.2, 0) is 13.8 Å². The summed E-state index contributed by atoms with van der Waals surface area (Å²) < 4.78 is 31.6. The van der Waals surface area contributed by atoms with Gasteiger partial charge in [-0.2, -0.15) is 0 Å². The maximum Gasteiger partial charge on any atom is 0.272 e. The fourth-order valence-electron chi connectivity index (χ4n) is 1.40. The summed E-state index contributed by atoms with van der Waals surface area (Å²) in [5.41, 5.74) is 0.530. The maximum absolute atomic E-state index is 10.6. The van der Waals surface area contributed by atoms with E-state index in [1.54, 1.807) is 13.0 Å². The molecule has 0 saturated carbocycles. The summed E-state index contributed by atoms with van der Waals surface area (Å²) in [6, 6.07) is 4.42. The molecule has 112 valence electrons. The zero-order valence-corrected chi connectivity index (χ0v) is 12.3. The molecule has 7 nitrogen and oxygen atoms in total. The molecular formula is C11H14ClNO6S. The highest BCUT2D eigenvalue weighted by Gasteiger charge is 2.10. The molecule has 0 unspecified atom stereocenters. The lowest BCUT2D eigenvalue weighted by Crippen LogP contribution is -2.12. The van der Waals surface area contributed by atoms with Crippen molar-refractivity contribution in [1.82, 2.24) is 0 Å². The van der Waals surface area contributed by atoms with E-state index in [-0.39, 0.29) is 31.3 Å². The molecule has 0 N–H and O–H groups in total. The van der Waals surface area contributed by atoms with Crippen LogP contribution >= 0.6 is 10.7 Å². The molecule has 1 aromatic carbocycles. The Labute approximate surface area is 121 Å². The summed E-state index contributed by atoms with van der Waals surface area (Å²) in [6.07, 6.45) is 0. The number of rotatable bonds is 8. The monoisotopic (exact) mass is 323 g/mol. The van der Waals surface area contributed by atoms with Crippen molar-refractivity contribution in [2.24, 2.45) is 0 Å². The number of aryl methyl sites for hydroxylation is 1. The summed E-state index contributed by atoms with van der Waals surface area (Å²) in [5, 5.41) is 10.6. The number of nitro benzene ring substituents is 1. The van der Waals surface area contributed by atoms with E-state index in [2.05, 4.69) is 0 Å². The van der Waals surface area contributed by atoms with Crippen molar-refractivity contribution in [3.8, 4) is 5.75 Å². The van der Waals surface area contributed by atoms with Crippen molar-refractivity contribution in [3.05, 3.63) is 33.9 Å². The highest BCUT2D eigenvalue weighted by Crippen LogP contribution is 2.22. The fraction of sp³-hybridized carbons (Fsp3) is 0.455. The van der Waals surface area contributed by atoms with Crippen LogP contribution in [0.1, 0.15) is 5.56 Å². The minimum absolute atomic E-state index is 0.00547. The molecule has 0 spiro atoms. The SMILES string of the molecule is Cc1cc(OCCOCCS(=O)(=O)Cl)ccc1[N+](=O)[O-]. The smallest absolute Gasteiger partial charge is 0.272 e. The Balaban J connectivity index is 2.33. The molecule has 0 bridgehead atoms. The van der Waals surface area contributed by atoms with Crippen LogP contribution in [0, 0.1) is 17.0 Å². The molecule has 0 radical (unpaired) electrons. The fourth-order valence-corrected chi connectivity index (χ4v) is 1.91. The molecule has 0 aliphatic rings. The number of hydrogen-bond donors (Lipinski definition) is 0. The number of ether oxygens (including phenoxy) is 2. The van der Waals surface area contributed by atoms with Gasteiger partial charge in [-0.15, -0.1) is 0 Å². The van der Waals surface area contributed by atoms with Gasteiger partial charge in [0, 0.05) is 22.3 Å². The van der Waals surface area contributed by atoms with Crippen molar-refractivity contribution in [2.75, 3.05) is 25.6 Å². The molecule has 0 aliphatic heterocycles. The lowest BCUT2D eigenvalue weighted by atomic mass is 10.2. The van der Waals surface area contributed by atoms with Gasteiger partial charge in [-0.05, 0) is 19.1 Å². The van der Waals surface area contributed by atoms with E-state index in [0.29, 0.717) is 11.3 Å². The first-order valence-electron chi connectivity index (χ1n) is 5.67. The van der Waals surface area contributed by atoms with Crippen molar-refractivity contribution in [3.63, 3.8) is 0 Å². The van der Waals surface area contributed by atoms with E-state index in [4.69, 9.17) is 20.2 Å². The van der Waals surface area contributed by atoms with Crippen molar-refractivity contribution < 1.29 is 22.8 Å². The van der Waals surface area contributed by atoms with Crippen LogP contribution in [0.5, 0.6) is 5.75 Å². The van der Waals surface area contributed by atoms with Crippen LogP contribution in [0.3, 0.4) is 0 Å². The average molecular weight is 324 g/mol. The number of benzene rings is 1. The molecule has 0 saturated heterocycles. The van der Waals surface area contributed by atoms with Crippen molar-refractivity contribution >= 4 is 25.4 Å².